The molecule has 0 saturated carbocycles. The zero-order chi connectivity index (χ0) is 15.0. The van der Waals surface area contributed by atoms with Crippen molar-refractivity contribution >= 4 is 0 Å². The van der Waals surface area contributed by atoms with E-state index in [0.29, 0.717) is 13.2 Å². The number of likely N-dealkylation sites (N-methyl/N-ethyl adjacent to an activating group) is 1. The Morgan fingerprint density at radius 2 is 1.80 bits per heavy atom. The molecule has 4 heteroatoms. The van der Waals surface area contributed by atoms with Crippen LogP contribution in [-0.2, 0) is 9.47 Å². The molecule has 4 nitrogen and oxygen atoms in total. The molecule has 1 atom stereocenters. The van der Waals surface area contributed by atoms with Crippen molar-refractivity contribution in [2.24, 2.45) is 0 Å². The molecule has 0 aliphatic rings. The molecule has 1 aromatic carbocycles. The van der Waals surface area contributed by atoms with E-state index < -0.39 is 0 Å². The maximum Gasteiger partial charge on any atom is 0.118 e. The molecule has 1 aromatic rings. The smallest absolute Gasteiger partial charge is 0.118 e. The fourth-order valence-electron chi connectivity index (χ4n) is 1.80. The van der Waals surface area contributed by atoms with Crippen molar-refractivity contribution in [2.45, 2.75) is 31.9 Å². The first-order valence-corrected chi connectivity index (χ1v) is 6.96. The van der Waals surface area contributed by atoms with E-state index in [2.05, 4.69) is 31.3 Å². The van der Waals surface area contributed by atoms with Crippen LogP contribution in [0, 0.1) is 0 Å². The molecule has 20 heavy (non-hydrogen) atoms. The molecule has 1 N–H and O–H groups in total. The molecule has 0 saturated heterocycles. The van der Waals surface area contributed by atoms with Crippen LogP contribution in [0.5, 0.6) is 5.75 Å². The minimum Gasteiger partial charge on any atom is -0.497 e. The standard InChI is InChI=1S/C16H27NO3/c1-16(2,19-5)10-11-20-12-15(17-3)13-6-8-14(18-4)9-7-13/h6-9,15,17H,10-12H2,1-5H3. The van der Waals surface area contributed by atoms with Gasteiger partial charge in [0.2, 0.25) is 0 Å². The number of benzene rings is 1. The lowest BCUT2D eigenvalue weighted by molar-refractivity contribution is -0.0122. The molecule has 0 amide bonds. The lowest BCUT2D eigenvalue weighted by atomic mass is 10.1. The number of methoxy groups -OCH3 is 2. The van der Waals surface area contributed by atoms with Crippen molar-refractivity contribution in [1.29, 1.82) is 0 Å². The summed E-state index contributed by atoms with van der Waals surface area (Å²) in [7, 11) is 5.34. The van der Waals surface area contributed by atoms with Crippen LogP contribution in [0.1, 0.15) is 31.9 Å². The highest BCUT2D eigenvalue weighted by Crippen LogP contribution is 2.18. The van der Waals surface area contributed by atoms with Crippen LogP contribution in [-0.4, -0.2) is 40.1 Å². The van der Waals surface area contributed by atoms with Gasteiger partial charge in [0.15, 0.2) is 0 Å². The van der Waals surface area contributed by atoms with E-state index in [4.69, 9.17) is 14.2 Å². The molecule has 0 heterocycles. The topological polar surface area (TPSA) is 39.7 Å². The Kier molecular flexibility index (Phi) is 6.99. The molecule has 0 bridgehead atoms. The van der Waals surface area contributed by atoms with Crippen molar-refractivity contribution in [1.82, 2.24) is 5.32 Å². The third-order valence-corrected chi connectivity index (χ3v) is 3.55. The fraction of sp³-hybridized carbons (Fsp3) is 0.625. The molecule has 0 fully saturated rings. The van der Waals surface area contributed by atoms with E-state index >= 15 is 0 Å². The summed E-state index contributed by atoms with van der Waals surface area (Å²) in [5.41, 5.74) is 1.06. The first-order chi connectivity index (χ1) is 9.52. The van der Waals surface area contributed by atoms with Crippen LogP contribution in [0.15, 0.2) is 24.3 Å². The van der Waals surface area contributed by atoms with Gasteiger partial charge in [0.1, 0.15) is 5.75 Å². The van der Waals surface area contributed by atoms with E-state index in [1.54, 1.807) is 14.2 Å². The summed E-state index contributed by atoms with van der Waals surface area (Å²) in [6.07, 6.45) is 0.878. The summed E-state index contributed by atoms with van der Waals surface area (Å²) in [4.78, 5) is 0. The van der Waals surface area contributed by atoms with Crippen molar-refractivity contribution in [3.63, 3.8) is 0 Å². The predicted octanol–water partition coefficient (Wildman–Crippen LogP) is 2.79. The Labute approximate surface area is 122 Å². The van der Waals surface area contributed by atoms with Crippen molar-refractivity contribution < 1.29 is 14.2 Å². The van der Waals surface area contributed by atoms with E-state index in [1.165, 1.54) is 5.56 Å². The van der Waals surface area contributed by atoms with Crippen LogP contribution < -0.4 is 10.1 Å². The Morgan fingerprint density at radius 1 is 1.15 bits per heavy atom. The third kappa shape index (κ3) is 5.49. The summed E-state index contributed by atoms with van der Waals surface area (Å²) in [6, 6.07) is 8.23. The van der Waals surface area contributed by atoms with Gasteiger partial charge in [0, 0.05) is 13.7 Å². The van der Waals surface area contributed by atoms with E-state index in [9.17, 15) is 0 Å². The van der Waals surface area contributed by atoms with E-state index in [1.807, 2.05) is 19.2 Å². The van der Waals surface area contributed by atoms with Crippen molar-refractivity contribution in [3.8, 4) is 5.75 Å². The molecule has 0 aliphatic carbocycles. The Hall–Kier alpha value is -1.10. The Balaban J connectivity index is 2.42. The summed E-state index contributed by atoms with van der Waals surface area (Å²) in [5.74, 6) is 0.867. The monoisotopic (exact) mass is 281 g/mol. The van der Waals surface area contributed by atoms with Crippen LogP contribution in [0.4, 0.5) is 0 Å². The lowest BCUT2D eigenvalue weighted by Gasteiger charge is -2.23. The van der Waals surface area contributed by atoms with Crippen molar-refractivity contribution in [3.05, 3.63) is 29.8 Å². The number of hydrogen-bond donors (Lipinski definition) is 1. The summed E-state index contributed by atoms with van der Waals surface area (Å²) < 4.78 is 16.3. The minimum atomic E-state index is -0.130. The number of rotatable bonds is 9. The molecule has 114 valence electrons. The Bertz CT molecular complexity index is 376. The van der Waals surface area contributed by atoms with Crippen LogP contribution in [0.2, 0.25) is 0 Å². The Morgan fingerprint density at radius 3 is 2.30 bits per heavy atom. The third-order valence-electron chi connectivity index (χ3n) is 3.55. The van der Waals surface area contributed by atoms with Gasteiger partial charge in [-0.3, -0.25) is 0 Å². The first-order valence-electron chi connectivity index (χ1n) is 6.96. The zero-order valence-electron chi connectivity index (χ0n) is 13.2. The second-order valence-electron chi connectivity index (χ2n) is 5.40. The molecule has 0 aliphatic heterocycles. The zero-order valence-corrected chi connectivity index (χ0v) is 13.2. The van der Waals surface area contributed by atoms with Crippen LogP contribution in [0.25, 0.3) is 0 Å². The van der Waals surface area contributed by atoms with Gasteiger partial charge in [0.05, 0.1) is 25.4 Å². The summed E-state index contributed by atoms with van der Waals surface area (Å²) in [5, 5.41) is 3.27. The summed E-state index contributed by atoms with van der Waals surface area (Å²) in [6.45, 7) is 5.46. The SMILES string of the molecule is CNC(COCCC(C)(C)OC)c1ccc(OC)cc1. The van der Waals surface area contributed by atoms with Crippen LogP contribution in [0.3, 0.4) is 0 Å². The molecular formula is C16H27NO3. The first kappa shape index (κ1) is 17.0. The predicted molar refractivity (Wildman–Crippen MR) is 81.3 cm³/mol. The highest BCUT2D eigenvalue weighted by molar-refractivity contribution is 5.29. The largest absolute Gasteiger partial charge is 0.497 e. The van der Waals surface area contributed by atoms with Gasteiger partial charge >= 0.3 is 0 Å². The van der Waals surface area contributed by atoms with E-state index in [0.717, 1.165) is 12.2 Å². The van der Waals surface area contributed by atoms with Gasteiger partial charge in [-0.25, -0.2) is 0 Å². The molecule has 0 radical (unpaired) electrons. The molecule has 0 spiro atoms. The highest BCUT2D eigenvalue weighted by atomic mass is 16.5. The minimum absolute atomic E-state index is 0.130. The second-order valence-corrected chi connectivity index (χ2v) is 5.40. The van der Waals surface area contributed by atoms with Crippen LogP contribution >= 0.6 is 0 Å². The highest BCUT2D eigenvalue weighted by Gasteiger charge is 2.16. The number of ether oxygens (including phenoxy) is 3. The molecule has 1 unspecified atom stereocenters. The van der Waals surface area contributed by atoms with Gasteiger partial charge < -0.3 is 19.5 Å². The maximum absolute atomic E-state index is 5.76. The van der Waals surface area contributed by atoms with Gasteiger partial charge in [-0.15, -0.1) is 0 Å². The molecule has 0 aromatic heterocycles. The van der Waals surface area contributed by atoms with Crippen molar-refractivity contribution in [2.75, 3.05) is 34.5 Å². The number of nitrogens with one attached hydrogen (secondary N) is 1. The fourth-order valence-corrected chi connectivity index (χ4v) is 1.80. The van der Waals surface area contributed by atoms with Gasteiger partial charge in [-0.2, -0.15) is 0 Å². The lowest BCUT2D eigenvalue weighted by Crippen LogP contribution is -2.26. The number of hydrogen-bond acceptors (Lipinski definition) is 4. The normalized spacial score (nSPS) is 13.2. The summed E-state index contributed by atoms with van der Waals surface area (Å²) >= 11 is 0. The quantitative estimate of drug-likeness (QED) is 0.707. The van der Waals surface area contributed by atoms with Gasteiger partial charge in [0.25, 0.3) is 0 Å². The molecule has 1 rings (SSSR count). The average Bonchev–Trinajstić information content (AvgIpc) is 2.47. The molecular weight excluding hydrogens is 254 g/mol. The van der Waals surface area contributed by atoms with E-state index in [-0.39, 0.29) is 11.6 Å². The maximum atomic E-state index is 5.76. The van der Waals surface area contributed by atoms with Gasteiger partial charge in [-0.05, 0) is 45.0 Å². The van der Waals surface area contributed by atoms with Gasteiger partial charge in [-0.1, -0.05) is 12.1 Å². The average molecular weight is 281 g/mol. The second kappa shape index (κ2) is 8.25.